The molecule has 0 aliphatic carbocycles. The highest BCUT2D eigenvalue weighted by molar-refractivity contribution is 7.92. The van der Waals surface area contributed by atoms with Gasteiger partial charge in [-0.05, 0) is 29.5 Å². The largest absolute Gasteiger partial charge is 0.243 e. The third kappa shape index (κ3) is 3.95. The lowest BCUT2D eigenvalue weighted by molar-refractivity contribution is 0.354. The minimum atomic E-state index is -3.68. The average molecular weight is 360 g/mol. The van der Waals surface area contributed by atoms with Crippen LogP contribution in [0.5, 0.6) is 0 Å². The highest BCUT2D eigenvalue weighted by Crippen LogP contribution is 2.27. The number of hydrogen-bond acceptors (Lipinski definition) is 4. The van der Waals surface area contributed by atoms with Crippen LogP contribution in [0.3, 0.4) is 0 Å². The lowest BCUT2D eigenvalue weighted by Gasteiger charge is -2.26. The van der Waals surface area contributed by atoms with Crippen LogP contribution in [0.4, 0.5) is 0 Å². The second-order valence-electron chi connectivity index (χ2n) is 7.04. The van der Waals surface area contributed by atoms with Gasteiger partial charge in [0.1, 0.15) is 0 Å². The van der Waals surface area contributed by atoms with Crippen molar-refractivity contribution < 1.29 is 16.8 Å². The Bertz CT molecular complexity index is 759. The molecule has 1 aromatic carbocycles. The summed E-state index contributed by atoms with van der Waals surface area (Å²) in [5.41, 5.74) is 1.01. The van der Waals surface area contributed by atoms with Gasteiger partial charge in [0, 0.05) is 12.6 Å². The van der Waals surface area contributed by atoms with Gasteiger partial charge in [-0.15, -0.1) is 0 Å². The van der Waals surface area contributed by atoms with Crippen molar-refractivity contribution in [2.75, 3.05) is 18.1 Å². The Morgan fingerprint density at radius 3 is 2.13 bits per heavy atom. The molecule has 1 saturated heterocycles. The third-order valence-corrected chi connectivity index (χ3v) is 8.05. The van der Waals surface area contributed by atoms with E-state index in [0.717, 1.165) is 5.56 Å². The molecule has 2 rings (SSSR count). The first kappa shape index (κ1) is 18.4. The van der Waals surface area contributed by atoms with Gasteiger partial charge < -0.3 is 0 Å². The predicted octanol–water partition coefficient (Wildman–Crippen LogP) is 2.18. The maximum Gasteiger partial charge on any atom is 0.243 e. The van der Waals surface area contributed by atoms with Crippen LogP contribution in [-0.2, 0) is 25.3 Å². The first-order valence-corrected chi connectivity index (χ1v) is 11.1. The summed E-state index contributed by atoms with van der Waals surface area (Å²) in [6, 6.07) is 6.42. The quantitative estimate of drug-likeness (QED) is 0.826. The molecule has 5 nitrogen and oxygen atoms in total. The van der Waals surface area contributed by atoms with E-state index in [-0.39, 0.29) is 28.4 Å². The number of nitrogens with zero attached hydrogens (tertiary/aromatic N) is 1. The van der Waals surface area contributed by atoms with Crippen LogP contribution in [-0.4, -0.2) is 45.2 Å². The van der Waals surface area contributed by atoms with Crippen LogP contribution in [0.15, 0.2) is 29.2 Å². The average Bonchev–Trinajstić information content (AvgIpc) is 2.78. The molecule has 1 aromatic rings. The first-order valence-electron chi connectivity index (χ1n) is 7.80. The first-order chi connectivity index (χ1) is 10.5. The number of sulfonamides is 1. The zero-order valence-electron chi connectivity index (χ0n) is 14.1. The van der Waals surface area contributed by atoms with Gasteiger partial charge >= 0.3 is 0 Å². The number of rotatable bonds is 4. The summed E-state index contributed by atoms with van der Waals surface area (Å²) in [6.07, 6.45) is 0.371. The molecule has 1 atom stereocenters. The van der Waals surface area contributed by atoms with Crippen molar-refractivity contribution in [1.29, 1.82) is 0 Å². The Labute approximate surface area is 139 Å². The predicted molar refractivity (Wildman–Crippen MR) is 91.8 cm³/mol. The van der Waals surface area contributed by atoms with Crippen molar-refractivity contribution >= 4 is 19.9 Å². The summed E-state index contributed by atoms with van der Waals surface area (Å²) in [4.78, 5) is 0.219. The summed E-state index contributed by atoms with van der Waals surface area (Å²) in [7, 11) is -6.80. The Morgan fingerprint density at radius 2 is 1.74 bits per heavy atom. The monoisotopic (exact) mass is 359 g/mol. The van der Waals surface area contributed by atoms with E-state index >= 15 is 0 Å². The minimum absolute atomic E-state index is 0.0493. The summed E-state index contributed by atoms with van der Waals surface area (Å²) >= 11 is 0. The molecule has 1 aliphatic rings. The molecule has 1 heterocycles. The number of benzene rings is 1. The molecule has 0 aromatic heterocycles. The maximum absolute atomic E-state index is 12.9. The lowest BCUT2D eigenvalue weighted by Crippen LogP contribution is -2.40. The van der Waals surface area contributed by atoms with E-state index in [1.807, 2.05) is 12.1 Å². The molecule has 0 N–H and O–H groups in total. The van der Waals surface area contributed by atoms with E-state index in [2.05, 4.69) is 20.8 Å². The summed E-state index contributed by atoms with van der Waals surface area (Å²) < 4.78 is 50.3. The van der Waals surface area contributed by atoms with Gasteiger partial charge in [0.05, 0.1) is 16.4 Å². The van der Waals surface area contributed by atoms with Gasteiger partial charge in [0.15, 0.2) is 9.84 Å². The molecule has 1 aliphatic heterocycles. The second kappa shape index (κ2) is 6.18. The fourth-order valence-corrected chi connectivity index (χ4v) is 6.38. The molecule has 1 fully saturated rings. The van der Waals surface area contributed by atoms with Crippen molar-refractivity contribution in [2.45, 2.75) is 50.5 Å². The zero-order chi connectivity index (χ0) is 17.5. The van der Waals surface area contributed by atoms with E-state index in [0.29, 0.717) is 6.42 Å². The SMILES string of the molecule is CCN([C@@H]1CCS(=O)(=O)C1)S(=O)(=O)c1ccc(C(C)(C)C)cc1. The normalized spacial score (nSPS) is 21.7. The molecule has 0 saturated carbocycles. The Kier molecular flexibility index (Phi) is 4.95. The fourth-order valence-electron chi connectivity index (χ4n) is 2.89. The molecular weight excluding hydrogens is 334 g/mol. The molecule has 23 heavy (non-hydrogen) atoms. The molecule has 0 radical (unpaired) electrons. The smallest absolute Gasteiger partial charge is 0.229 e. The van der Waals surface area contributed by atoms with Crippen LogP contribution >= 0.6 is 0 Å². The number of sulfone groups is 1. The van der Waals surface area contributed by atoms with E-state index in [1.54, 1.807) is 19.1 Å². The van der Waals surface area contributed by atoms with E-state index in [4.69, 9.17) is 0 Å². The van der Waals surface area contributed by atoms with Crippen LogP contribution in [0, 0.1) is 0 Å². The Hall–Kier alpha value is -0.920. The van der Waals surface area contributed by atoms with Crippen LogP contribution < -0.4 is 0 Å². The summed E-state index contributed by atoms with van der Waals surface area (Å²) in [5, 5.41) is 0. The summed E-state index contributed by atoms with van der Waals surface area (Å²) in [6.45, 7) is 8.21. The van der Waals surface area contributed by atoms with Gasteiger partial charge in [-0.1, -0.05) is 39.8 Å². The molecule has 0 bridgehead atoms. The molecule has 0 unspecified atom stereocenters. The van der Waals surface area contributed by atoms with Gasteiger partial charge in [-0.25, -0.2) is 16.8 Å². The van der Waals surface area contributed by atoms with E-state index in [9.17, 15) is 16.8 Å². The van der Waals surface area contributed by atoms with Crippen LogP contribution in [0.2, 0.25) is 0 Å². The van der Waals surface area contributed by atoms with Gasteiger partial charge in [0.2, 0.25) is 10.0 Å². The highest BCUT2D eigenvalue weighted by Gasteiger charge is 2.37. The van der Waals surface area contributed by atoms with Crippen molar-refractivity contribution in [3.05, 3.63) is 29.8 Å². The van der Waals surface area contributed by atoms with Crippen LogP contribution in [0.1, 0.15) is 39.7 Å². The second-order valence-corrected chi connectivity index (χ2v) is 11.2. The lowest BCUT2D eigenvalue weighted by atomic mass is 9.87. The highest BCUT2D eigenvalue weighted by atomic mass is 32.2. The van der Waals surface area contributed by atoms with Crippen molar-refractivity contribution in [3.63, 3.8) is 0 Å². The van der Waals surface area contributed by atoms with Gasteiger partial charge in [-0.2, -0.15) is 4.31 Å². The topological polar surface area (TPSA) is 71.5 Å². The van der Waals surface area contributed by atoms with Crippen molar-refractivity contribution in [2.24, 2.45) is 0 Å². The molecule has 7 heteroatoms. The zero-order valence-corrected chi connectivity index (χ0v) is 15.7. The maximum atomic E-state index is 12.9. The number of hydrogen-bond donors (Lipinski definition) is 0. The fraction of sp³-hybridized carbons (Fsp3) is 0.625. The standard InChI is InChI=1S/C16H25NO4S2/c1-5-17(14-10-11-22(18,19)12-14)23(20,21)15-8-6-13(7-9-15)16(2,3)4/h6-9,14H,5,10-12H2,1-4H3/t14-/m1/s1. The third-order valence-electron chi connectivity index (χ3n) is 4.25. The van der Waals surface area contributed by atoms with Crippen molar-refractivity contribution in [1.82, 2.24) is 4.31 Å². The van der Waals surface area contributed by atoms with Gasteiger partial charge in [0.25, 0.3) is 0 Å². The minimum Gasteiger partial charge on any atom is -0.229 e. The molecular formula is C16H25NO4S2. The Balaban J connectivity index is 2.32. The Morgan fingerprint density at radius 1 is 1.17 bits per heavy atom. The van der Waals surface area contributed by atoms with Crippen LogP contribution in [0.25, 0.3) is 0 Å². The molecule has 0 amide bonds. The van der Waals surface area contributed by atoms with E-state index in [1.165, 1.54) is 4.31 Å². The van der Waals surface area contributed by atoms with E-state index < -0.39 is 25.9 Å². The van der Waals surface area contributed by atoms with Crippen molar-refractivity contribution in [3.8, 4) is 0 Å². The van der Waals surface area contributed by atoms with Gasteiger partial charge in [-0.3, -0.25) is 0 Å². The molecule has 130 valence electrons. The summed E-state index contributed by atoms with van der Waals surface area (Å²) in [5.74, 6) is -0.0210. The molecule has 0 spiro atoms.